The molecule has 0 bridgehead atoms. The third-order valence-corrected chi connectivity index (χ3v) is 2.99. The highest BCUT2D eigenvalue weighted by Crippen LogP contribution is 2.28. The minimum atomic E-state index is 0.481. The van der Waals surface area contributed by atoms with E-state index in [9.17, 15) is 0 Å². The molecular formula is C12H9ClN6. The molecule has 3 aromatic heterocycles. The van der Waals surface area contributed by atoms with Gasteiger partial charge in [-0.25, -0.2) is 4.98 Å². The van der Waals surface area contributed by atoms with Gasteiger partial charge in [-0.1, -0.05) is 11.6 Å². The predicted octanol–water partition coefficient (Wildman–Crippen LogP) is 2.57. The molecule has 0 aliphatic heterocycles. The average Bonchev–Trinajstić information content (AvgIpc) is 2.96. The standard InChI is InChI=1S/C12H9ClN6/c1-19-6-8(5-16-19)17-10-2-9(13)11-7(3-14)4-15-12(11)18-10/h2,4-6H,1H3,(H2,15,17,18). The molecule has 0 saturated heterocycles. The van der Waals surface area contributed by atoms with Gasteiger partial charge in [0.05, 0.1) is 27.9 Å². The number of rotatable bonds is 2. The Hall–Kier alpha value is -2.52. The molecule has 0 aromatic carbocycles. The van der Waals surface area contributed by atoms with E-state index in [1.165, 1.54) is 0 Å². The highest BCUT2D eigenvalue weighted by Gasteiger charge is 2.11. The molecule has 0 radical (unpaired) electrons. The first kappa shape index (κ1) is 11.6. The molecule has 0 saturated carbocycles. The maximum atomic E-state index is 8.97. The molecule has 0 aliphatic rings. The van der Waals surface area contributed by atoms with E-state index in [1.54, 1.807) is 23.1 Å². The molecule has 0 aliphatic carbocycles. The van der Waals surface area contributed by atoms with Crippen molar-refractivity contribution in [2.45, 2.75) is 0 Å². The maximum absolute atomic E-state index is 8.97. The van der Waals surface area contributed by atoms with Gasteiger partial charge in [-0.05, 0) is 0 Å². The van der Waals surface area contributed by atoms with Crippen molar-refractivity contribution in [2.24, 2.45) is 7.05 Å². The van der Waals surface area contributed by atoms with Crippen molar-refractivity contribution in [3.05, 3.63) is 35.2 Å². The normalized spacial score (nSPS) is 10.6. The molecule has 0 unspecified atom stereocenters. The number of fused-ring (bicyclic) bond motifs is 1. The van der Waals surface area contributed by atoms with Crippen LogP contribution in [0.2, 0.25) is 5.02 Å². The molecule has 3 heterocycles. The van der Waals surface area contributed by atoms with Gasteiger partial charge in [0, 0.05) is 25.5 Å². The van der Waals surface area contributed by atoms with Crippen LogP contribution in [0.3, 0.4) is 0 Å². The Kier molecular flexibility index (Phi) is 2.62. The Bertz CT molecular complexity index is 794. The number of nitrogens with zero attached hydrogens (tertiary/aromatic N) is 4. The van der Waals surface area contributed by atoms with Crippen LogP contribution < -0.4 is 5.32 Å². The predicted molar refractivity (Wildman–Crippen MR) is 72.3 cm³/mol. The van der Waals surface area contributed by atoms with Crippen LogP contribution in [-0.2, 0) is 7.05 Å². The first-order chi connectivity index (χ1) is 9.17. The van der Waals surface area contributed by atoms with E-state index < -0.39 is 0 Å². The minimum Gasteiger partial charge on any atom is -0.345 e. The third-order valence-electron chi connectivity index (χ3n) is 2.69. The lowest BCUT2D eigenvalue weighted by Gasteiger charge is -2.04. The Labute approximate surface area is 113 Å². The lowest BCUT2D eigenvalue weighted by Crippen LogP contribution is -1.93. The van der Waals surface area contributed by atoms with Crippen molar-refractivity contribution in [1.82, 2.24) is 19.7 Å². The number of pyridine rings is 1. The maximum Gasteiger partial charge on any atom is 0.142 e. The summed E-state index contributed by atoms with van der Waals surface area (Å²) in [7, 11) is 1.83. The molecule has 0 fully saturated rings. The summed E-state index contributed by atoms with van der Waals surface area (Å²) in [4.78, 5) is 7.30. The van der Waals surface area contributed by atoms with E-state index >= 15 is 0 Å². The zero-order chi connectivity index (χ0) is 13.4. The first-order valence-electron chi connectivity index (χ1n) is 5.51. The van der Waals surface area contributed by atoms with Gasteiger partial charge in [0.25, 0.3) is 0 Å². The fourth-order valence-electron chi connectivity index (χ4n) is 1.87. The number of hydrogen-bond acceptors (Lipinski definition) is 4. The number of anilines is 2. The van der Waals surface area contributed by atoms with E-state index in [0.29, 0.717) is 27.4 Å². The third kappa shape index (κ3) is 2.00. The first-order valence-corrected chi connectivity index (χ1v) is 5.88. The van der Waals surface area contributed by atoms with Crippen LogP contribution in [0.1, 0.15) is 5.56 Å². The van der Waals surface area contributed by atoms with Crippen molar-refractivity contribution in [3.8, 4) is 6.07 Å². The zero-order valence-electron chi connectivity index (χ0n) is 9.98. The highest BCUT2D eigenvalue weighted by molar-refractivity contribution is 6.36. The Balaban J connectivity index is 2.04. The number of aryl methyl sites for hydroxylation is 1. The molecule has 7 heteroatoms. The Morgan fingerprint density at radius 3 is 3.05 bits per heavy atom. The molecule has 3 rings (SSSR count). The summed E-state index contributed by atoms with van der Waals surface area (Å²) in [6.07, 6.45) is 5.11. The van der Waals surface area contributed by atoms with Gasteiger partial charge in [-0.2, -0.15) is 10.4 Å². The largest absolute Gasteiger partial charge is 0.345 e. The quantitative estimate of drug-likeness (QED) is 0.751. The van der Waals surface area contributed by atoms with Crippen LogP contribution in [0.5, 0.6) is 0 Å². The highest BCUT2D eigenvalue weighted by atomic mass is 35.5. The van der Waals surface area contributed by atoms with Crippen molar-refractivity contribution >= 4 is 34.1 Å². The number of aromatic amines is 1. The topological polar surface area (TPSA) is 82.3 Å². The Morgan fingerprint density at radius 1 is 1.53 bits per heavy atom. The van der Waals surface area contributed by atoms with Crippen LogP contribution in [0.4, 0.5) is 11.5 Å². The smallest absolute Gasteiger partial charge is 0.142 e. The number of halogens is 1. The Morgan fingerprint density at radius 2 is 2.37 bits per heavy atom. The van der Waals surface area contributed by atoms with E-state index in [1.807, 2.05) is 13.2 Å². The van der Waals surface area contributed by atoms with Crippen LogP contribution in [0.15, 0.2) is 24.7 Å². The molecule has 0 atom stereocenters. The summed E-state index contributed by atoms with van der Waals surface area (Å²) >= 11 is 6.19. The number of nitrogens with one attached hydrogen (secondary N) is 2. The van der Waals surface area contributed by atoms with Crippen molar-refractivity contribution < 1.29 is 0 Å². The van der Waals surface area contributed by atoms with E-state index in [2.05, 4.69) is 26.5 Å². The molecule has 0 amide bonds. The average molecular weight is 273 g/mol. The van der Waals surface area contributed by atoms with Crippen LogP contribution >= 0.6 is 11.6 Å². The molecule has 6 nitrogen and oxygen atoms in total. The lowest BCUT2D eigenvalue weighted by atomic mass is 10.2. The second-order valence-corrected chi connectivity index (χ2v) is 4.46. The number of hydrogen-bond donors (Lipinski definition) is 2. The number of aromatic nitrogens is 4. The number of H-pyrrole nitrogens is 1. The van der Waals surface area contributed by atoms with Gasteiger partial charge in [0.1, 0.15) is 17.5 Å². The summed E-state index contributed by atoms with van der Waals surface area (Å²) in [6, 6.07) is 3.76. The fourth-order valence-corrected chi connectivity index (χ4v) is 2.17. The van der Waals surface area contributed by atoms with Crippen LogP contribution in [0, 0.1) is 11.3 Å². The van der Waals surface area contributed by atoms with E-state index in [0.717, 1.165) is 5.69 Å². The van der Waals surface area contributed by atoms with Crippen molar-refractivity contribution in [1.29, 1.82) is 5.26 Å². The minimum absolute atomic E-state index is 0.481. The molecule has 19 heavy (non-hydrogen) atoms. The summed E-state index contributed by atoms with van der Waals surface area (Å²) in [5.74, 6) is 0.594. The number of nitriles is 1. The molecule has 0 spiro atoms. The van der Waals surface area contributed by atoms with Crippen LogP contribution in [0.25, 0.3) is 11.0 Å². The molecule has 94 valence electrons. The van der Waals surface area contributed by atoms with Gasteiger partial charge in [0.15, 0.2) is 0 Å². The van der Waals surface area contributed by atoms with Crippen molar-refractivity contribution in [2.75, 3.05) is 5.32 Å². The van der Waals surface area contributed by atoms with Gasteiger partial charge in [-0.3, -0.25) is 4.68 Å². The molecular weight excluding hydrogens is 264 g/mol. The lowest BCUT2D eigenvalue weighted by molar-refractivity contribution is 0.768. The van der Waals surface area contributed by atoms with Gasteiger partial charge < -0.3 is 10.3 Å². The van der Waals surface area contributed by atoms with Gasteiger partial charge in [-0.15, -0.1) is 0 Å². The monoisotopic (exact) mass is 272 g/mol. The fraction of sp³-hybridized carbons (Fsp3) is 0.0833. The second kappa shape index (κ2) is 4.30. The zero-order valence-corrected chi connectivity index (χ0v) is 10.7. The van der Waals surface area contributed by atoms with Gasteiger partial charge >= 0.3 is 0 Å². The summed E-state index contributed by atoms with van der Waals surface area (Å²) in [5.41, 5.74) is 1.88. The molecule has 2 N–H and O–H groups in total. The summed E-state index contributed by atoms with van der Waals surface area (Å²) in [5, 5.41) is 17.3. The van der Waals surface area contributed by atoms with Crippen LogP contribution in [-0.4, -0.2) is 19.7 Å². The second-order valence-electron chi connectivity index (χ2n) is 4.05. The SMILES string of the molecule is Cn1cc(Nc2cc(Cl)c3c(C#N)c[nH]c3n2)cn1. The van der Waals surface area contributed by atoms with E-state index in [4.69, 9.17) is 16.9 Å². The summed E-state index contributed by atoms with van der Waals surface area (Å²) < 4.78 is 1.69. The van der Waals surface area contributed by atoms with Crippen molar-refractivity contribution in [3.63, 3.8) is 0 Å². The summed E-state index contributed by atoms with van der Waals surface area (Å²) in [6.45, 7) is 0. The molecule has 3 aromatic rings. The van der Waals surface area contributed by atoms with Gasteiger partial charge in [0.2, 0.25) is 0 Å². The van der Waals surface area contributed by atoms with E-state index in [-0.39, 0.29) is 0 Å².